The molecule has 116 valence electrons. The molecule has 2 rings (SSSR count). The van der Waals surface area contributed by atoms with Crippen LogP contribution < -0.4 is 0 Å². The largest absolute Gasteiger partial charge is 0.284 e. The van der Waals surface area contributed by atoms with Gasteiger partial charge in [0.2, 0.25) is 0 Å². The second-order valence-electron chi connectivity index (χ2n) is 5.69. The van der Waals surface area contributed by atoms with Crippen molar-refractivity contribution >= 4 is 6.21 Å². The SMILES string of the molecule is CCC(/N=C\c1ccc(C(C)C)cc1)c1ccc(F)cc1F. The van der Waals surface area contributed by atoms with Crippen molar-refractivity contribution in [2.75, 3.05) is 0 Å². The maximum atomic E-state index is 13.8. The van der Waals surface area contributed by atoms with Gasteiger partial charge in [-0.2, -0.15) is 0 Å². The van der Waals surface area contributed by atoms with E-state index in [0.717, 1.165) is 11.6 Å². The molecular weight excluding hydrogens is 280 g/mol. The lowest BCUT2D eigenvalue weighted by Gasteiger charge is -2.11. The molecule has 0 aromatic heterocycles. The fourth-order valence-corrected chi connectivity index (χ4v) is 2.32. The van der Waals surface area contributed by atoms with Gasteiger partial charge in [-0.3, -0.25) is 4.99 Å². The maximum absolute atomic E-state index is 13.8. The Bertz CT molecular complexity index is 645. The van der Waals surface area contributed by atoms with Gasteiger partial charge < -0.3 is 0 Å². The molecule has 0 aliphatic rings. The fraction of sp³-hybridized carbons (Fsp3) is 0.316. The Hall–Kier alpha value is -2.03. The lowest BCUT2D eigenvalue weighted by molar-refractivity contribution is 0.552. The minimum Gasteiger partial charge on any atom is -0.284 e. The van der Waals surface area contributed by atoms with E-state index in [1.54, 1.807) is 6.21 Å². The van der Waals surface area contributed by atoms with Crippen LogP contribution in [0.2, 0.25) is 0 Å². The van der Waals surface area contributed by atoms with Crippen LogP contribution in [0.25, 0.3) is 0 Å². The average Bonchev–Trinajstić information content (AvgIpc) is 2.50. The third-order valence-corrected chi connectivity index (χ3v) is 3.71. The zero-order valence-corrected chi connectivity index (χ0v) is 13.2. The lowest BCUT2D eigenvalue weighted by Crippen LogP contribution is -1.99. The minimum atomic E-state index is -0.565. The van der Waals surface area contributed by atoms with Crippen LogP contribution >= 0.6 is 0 Å². The molecule has 0 aliphatic carbocycles. The van der Waals surface area contributed by atoms with E-state index >= 15 is 0 Å². The molecule has 0 amide bonds. The minimum absolute atomic E-state index is 0.301. The smallest absolute Gasteiger partial charge is 0.131 e. The van der Waals surface area contributed by atoms with E-state index < -0.39 is 11.6 Å². The lowest BCUT2D eigenvalue weighted by atomic mass is 10.0. The Morgan fingerprint density at radius 2 is 1.73 bits per heavy atom. The van der Waals surface area contributed by atoms with Gasteiger partial charge in [-0.25, -0.2) is 8.78 Å². The molecule has 22 heavy (non-hydrogen) atoms. The van der Waals surface area contributed by atoms with Crippen molar-refractivity contribution in [1.82, 2.24) is 0 Å². The Balaban J connectivity index is 2.18. The van der Waals surface area contributed by atoms with Gasteiger partial charge in [0.05, 0.1) is 6.04 Å². The number of nitrogens with zero attached hydrogens (tertiary/aromatic N) is 1. The Morgan fingerprint density at radius 1 is 1.05 bits per heavy atom. The first-order chi connectivity index (χ1) is 10.5. The Morgan fingerprint density at radius 3 is 2.27 bits per heavy atom. The van der Waals surface area contributed by atoms with Crippen LogP contribution in [0.5, 0.6) is 0 Å². The van der Waals surface area contributed by atoms with Gasteiger partial charge in [-0.05, 0) is 29.5 Å². The summed E-state index contributed by atoms with van der Waals surface area (Å²) in [4.78, 5) is 4.46. The molecule has 3 heteroatoms. The second kappa shape index (κ2) is 7.30. The normalized spacial score (nSPS) is 13.0. The molecule has 0 N–H and O–H groups in total. The summed E-state index contributed by atoms with van der Waals surface area (Å²) in [7, 11) is 0. The first-order valence-electron chi connectivity index (χ1n) is 7.59. The van der Waals surface area contributed by atoms with Crippen LogP contribution in [-0.2, 0) is 0 Å². The van der Waals surface area contributed by atoms with Crippen LogP contribution in [0.15, 0.2) is 47.5 Å². The van der Waals surface area contributed by atoms with Crippen LogP contribution in [0.4, 0.5) is 8.78 Å². The number of hydrogen-bond acceptors (Lipinski definition) is 1. The van der Waals surface area contributed by atoms with Crippen LogP contribution in [0.1, 0.15) is 55.8 Å². The van der Waals surface area contributed by atoms with Crippen molar-refractivity contribution in [3.63, 3.8) is 0 Å². The highest BCUT2D eigenvalue weighted by Crippen LogP contribution is 2.24. The molecule has 2 aromatic carbocycles. The predicted octanol–water partition coefficient (Wildman–Crippen LogP) is 5.66. The zero-order valence-electron chi connectivity index (χ0n) is 13.2. The van der Waals surface area contributed by atoms with E-state index in [2.05, 4.69) is 31.0 Å². The average molecular weight is 301 g/mol. The van der Waals surface area contributed by atoms with Gasteiger partial charge >= 0.3 is 0 Å². The fourth-order valence-electron chi connectivity index (χ4n) is 2.32. The highest BCUT2D eigenvalue weighted by molar-refractivity contribution is 5.79. The zero-order chi connectivity index (χ0) is 16.1. The van der Waals surface area contributed by atoms with E-state index in [1.807, 2.05) is 19.1 Å². The summed E-state index contributed by atoms with van der Waals surface area (Å²) < 4.78 is 26.8. The second-order valence-corrected chi connectivity index (χ2v) is 5.69. The summed E-state index contributed by atoms with van der Waals surface area (Å²) in [6.45, 7) is 6.23. The number of benzene rings is 2. The number of aliphatic imine (C=N–C) groups is 1. The highest BCUT2D eigenvalue weighted by Gasteiger charge is 2.13. The molecule has 0 saturated carbocycles. The van der Waals surface area contributed by atoms with E-state index in [-0.39, 0.29) is 6.04 Å². The molecule has 0 aliphatic heterocycles. The van der Waals surface area contributed by atoms with Crippen molar-refractivity contribution in [3.8, 4) is 0 Å². The predicted molar refractivity (Wildman–Crippen MR) is 87.5 cm³/mol. The third-order valence-electron chi connectivity index (χ3n) is 3.71. The first-order valence-corrected chi connectivity index (χ1v) is 7.59. The van der Waals surface area contributed by atoms with Crippen molar-refractivity contribution < 1.29 is 8.78 Å². The molecule has 0 spiro atoms. The topological polar surface area (TPSA) is 12.4 Å². The molecule has 1 nitrogen and oxygen atoms in total. The van der Waals surface area contributed by atoms with Crippen molar-refractivity contribution in [2.45, 2.75) is 39.2 Å². The Kier molecular flexibility index (Phi) is 5.42. The summed E-state index contributed by atoms with van der Waals surface area (Å²) in [5.74, 6) is -0.619. The molecule has 0 bridgehead atoms. The van der Waals surface area contributed by atoms with Gasteiger partial charge in [0.25, 0.3) is 0 Å². The van der Waals surface area contributed by atoms with Crippen LogP contribution in [0, 0.1) is 11.6 Å². The van der Waals surface area contributed by atoms with Crippen molar-refractivity contribution in [1.29, 1.82) is 0 Å². The van der Waals surface area contributed by atoms with Gasteiger partial charge in [0, 0.05) is 17.8 Å². The van der Waals surface area contributed by atoms with Gasteiger partial charge in [0.1, 0.15) is 11.6 Å². The van der Waals surface area contributed by atoms with Crippen molar-refractivity contribution in [2.24, 2.45) is 4.99 Å². The van der Waals surface area contributed by atoms with Gasteiger partial charge in [-0.15, -0.1) is 0 Å². The van der Waals surface area contributed by atoms with E-state index in [9.17, 15) is 8.78 Å². The summed E-state index contributed by atoms with van der Waals surface area (Å²) >= 11 is 0. The van der Waals surface area contributed by atoms with Crippen LogP contribution in [0.3, 0.4) is 0 Å². The summed E-state index contributed by atoms with van der Waals surface area (Å²) in [6, 6.07) is 11.5. The summed E-state index contributed by atoms with van der Waals surface area (Å²) in [5, 5.41) is 0. The van der Waals surface area contributed by atoms with E-state index in [0.29, 0.717) is 17.9 Å². The third kappa shape index (κ3) is 4.00. The molecule has 1 atom stereocenters. The van der Waals surface area contributed by atoms with Gasteiger partial charge in [0.15, 0.2) is 0 Å². The van der Waals surface area contributed by atoms with Gasteiger partial charge in [-0.1, -0.05) is 51.1 Å². The first kappa shape index (κ1) is 16.3. The van der Waals surface area contributed by atoms with Crippen molar-refractivity contribution in [3.05, 3.63) is 70.8 Å². The standard InChI is InChI=1S/C19H21F2N/c1-4-19(17-10-9-16(20)11-18(17)21)22-12-14-5-7-15(8-6-14)13(2)3/h5-13,19H,4H2,1-3H3/b22-12-. The monoisotopic (exact) mass is 301 g/mol. The van der Waals surface area contributed by atoms with E-state index in [4.69, 9.17) is 0 Å². The molecule has 2 aromatic rings. The summed E-state index contributed by atoms with van der Waals surface area (Å²) in [5.41, 5.74) is 2.68. The van der Waals surface area contributed by atoms with E-state index in [1.165, 1.54) is 17.7 Å². The summed E-state index contributed by atoms with van der Waals surface area (Å²) in [6.07, 6.45) is 2.41. The molecule has 0 fully saturated rings. The number of rotatable bonds is 5. The molecule has 0 radical (unpaired) electrons. The molecule has 0 heterocycles. The quantitative estimate of drug-likeness (QED) is 0.632. The highest BCUT2D eigenvalue weighted by atomic mass is 19.1. The molecular formula is C19H21F2N. The Labute approximate surface area is 130 Å². The van der Waals surface area contributed by atoms with Crippen LogP contribution in [-0.4, -0.2) is 6.21 Å². The number of hydrogen-bond donors (Lipinski definition) is 0. The maximum Gasteiger partial charge on any atom is 0.131 e. The molecule has 0 saturated heterocycles. The molecule has 1 unspecified atom stereocenters. The number of halogens is 2.